The molecule has 0 unspecified atom stereocenters. The van der Waals surface area contributed by atoms with E-state index in [2.05, 4.69) is 26.5 Å². The van der Waals surface area contributed by atoms with E-state index in [9.17, 15) is 4.79 Å². The van der Waals surface area contributed by atoms with E-state index >= 15 is 0 Å². The van der Waals surface area contributed by atoms with Crippen LogP contribution in [0.4, 0.5) is 0 Å². The van der Waals surface area contributed by atoms with Crippen LogP contribution < -0.4 is 5.43 Å². The van der Waals surface area contributed by atoms with Crippen molar-refractivity contribution in [1.29, 1.82) is 0 Å². The van der Waals surface area contributed by atoms with Gasteiger partial charge in [0.1, 0.15) is 5.76 Å². The van der Waals surface area contributed by atoms with Crippen molar-refractivity contribution in [3.05, 3.63) is 58.0 Å². The highest BCUT2D eigenvalue weighted by atomic mass is 79.9. The highest BCUT2D eigenvalue weighted by molar-refractivity contribution is 9.10. The predicted octanol–water partition coefficient (Wildman–Crippen LogP) is 3.11. The van der Waals surface area contributed by atoms with E-state index in [0.29, 0.717) is 11.3 Å². The fourth-order valence-corrected chi connectivity index (χ4v) is 1.85. The topological polar surface area (TPSA) is 54.6 Å². The van der Waals surface area contributed by atoms with Gasteiger partial charge in [-0.25, -0.2) is 5.43 Å². The Morgan fingerprint density at radius 1 is 1.44 bits per heavy atom. The third kappa shape index (κ3) is 3.07. The second-order valence-corrected chi connectivity index (χ2v) is 4.56. The Morgan fingerprint density at radius 3 is 2.94 bits per heavy atom. The zero-order valence-corrected chi connectivity index (χ0v) is 11.3. The van der Waals surface area contributed by atoms with Crippen LogP contribution in [0.15, 0.2) is 50.6 Å². The Labute approximate surface area is 113 Å². The zero-order valence-electron chi connectivity index (χ0n) is 9.68. The van der Waals surface area contributed by atoms with Gasteiger partial charge in [-0.1, -0.05) is 28.1 Å². The standard InChI is InChI=1S/C13H11BrN2O2/c1-9-12(5-6-18-9)13(17)16-15-8-10-3-2-4-11(14)7-10/h2-8H,1H3,(H,16,17)/b15-8-. The van der Waals surface area contributed by atoms with Crippen molar-refractivity contribution in [2.75, 3.05) is 0 Å². The molecule has 0 radical (unpaired) electrons. The number of furan rings is 1. The molecule has 2 rings (SSSR count). The smallest absolute Gasteiger partial charge is 0.274 e. The Hall–Kier alpha value is -1.88. The van der Waals surface area contributed by atoms with Gasteiger partial charge in [-0.15, -0.1) is 0 Å². The number of benzene rings is 1. The van der Waals surface area contributed by atoms with Crippen LogP contribution in [-0.2, 0) is 0 Å². The van der Waals surface area contributed by atoms with Gasteiger partial charge in [0.2, 0.25) is 0 Å². The summed E-state index contributed by atoms with van der Waals surface area (Å²) in [6.45, 7) is 1.73. The molecule has 1 N–H and O–H groups in total. The summed E-state index contributed by atoms with van der Waals surface area (Å²) >= 11 is 3.36. The Morgan fingerprint density at radius 2 is 2.28 bits per heavy atom. The fourth-order valence-electron chi connectivity index (χ4n) is 1.43. The summed E-state index contributed by atoms with van der Waals surface area (Å²) in [4.78, 5) is 11.7. The number of nitrogens with zero attached hydrogens (tertiary/aromatic N) is 1. The van der Waals surface area contributed by atoms with Crippen molar-refractivity contribution < 1.29 is 9.21 Å². The van der Waals surface area contributed by atoms with Gasteiger partial charge in [-0.3, -0.25) is 4.79 Å². The first-order valence-corrected chi connectivity index (χ1v) is 6.09. The number of carbonyl (C=O) groups is 1. The molecule has 0 fully saturated rings. The highest BCUT2D eigenvalue weighted by Gasteiger charge is 2.09. The summed E-state index contributed by atoms with van der Waals surface area (Å²) in [5.74, 6) is 0.289. The number of hydrogen-bond donors (Lipinski definition) is 1. The molecule has 1 aromatic carbocycles. The van der Waals surface area contributed by atoms with Crippen LogP contribution in [-0.4, -0.2) is 12.1 Å². The molecule has 0 bridgehead atoms. The van der Waals surface area contributed by atoms with Crippen LogP contribution in [0.25, 0.3) is 0 Å². The number of carbonyl (C=O) groups excluding carboxylic acids is 1. The summed E-state index contributed by atoms with van der Waals surface area (Å²) in [6.07, 6.45) is 3.06. The predicted molar refractivity (Wildman–Crippen MR) is 72.6 cm³/mol. The Kier molecular flexibility index (Phi) is 3.94. The van der Waals surface area contributed by atoms with Crippen LogP contribution in [0.2, 0.25) is 0 Å². The minimum absolute atomic E-state index is 0.285. The van der Waals surface area contributed by atoms with E-state index in [4.69, 9.17) is 4.42 Å². The second-order valence-electron chi connectivity index (χ2n) is 3.64. The van der Waals surface area contributed by atoms with Gasteiger partial charge in [0.25, 0.3) is 5.91 Å². The quantitative estimate of drug-likeness (QED) is 0.699. The normalized spacial score (nSPS) is 10.8. The van der Waals surface area contributed by atoms with Crippen molar-refractivity contribution in [2.24, 2.45) is 5.10 Å². The van der Waals surface area contributed by atoms with Crippen LogP contribution in [0.1, 0.15) is 21.7 Å². The first-order valence-electron chi connectivity index (χ1n) is 5.30. The number of amides is 1. The first-order chi connectivity index (χ1) is 8.66. The number of rotatable bonds is 3. The third-order valence-electron chi connectivity index (χ3n) is 2.33. The molecule has 18 heavy (non-hydrogen) atoms. The van der Waals surface area contributed by atoms with Gasteiger partial charge in [-0.2, -0.15) is 5.10 Å². The fraction of sp³-hybridized carbons (Fsp3) is 0.0769. The minimum atomic E-state index is -0.285. The molecule has 4 nitrogen and oxygen atoms in total. The average Bonchev–Trinajstić information content (AvgIpc) is 2.75. The lowest BCUT2D eigenvalue weighted by Gasteiger charge is -1.97. The molecule has 0 saturated carbocycles. The van der Waals surface area contributed by atoms with E-state index in [1.54, 1.807) is 19.2 Å². The average molecular weight is 307 g/mol. The summed E-state index contributed by atoms with van der Waals surface area (Å²) in [5.41, 5.74) is 3.83. The second kappa shape index (κ2) is 5.64. The van der Waals surface area contributed by atoms with Gasteiger partial charge in [-0.05, 0) is 30.7 Å². The van der Waals surface area contributed by atoms with E-state index < -0.39 is 0 Å². The van der Waals surface area contributed by atoms with Gasteiger partial charge in [0, 0.05) is 4.47 Å². The van der Waals surface area contributed by atoms with E-state index in [1.165, 1.54) is 6.26 Å². The van der Waals surface area contributed by atoms with Crippen LogP contribution in [0.3, 0.4) is 0 Å². The summed E-state index contributed by atoms with van der Waals surface area (Å²) in [5, 5.41) is 3.89. The summed E-state index contributed by atoms with van der Waals surface area (Å²) in [7, 11) is 0. The lowest BCUT2D eigenvalue weighted by atomic mass is 10.2. The summed E-state index contributed by atoms with van der Waals surface area (Å²) < 4.78 is 6.01. The number of hydrazone groups is 1. The monoisotopic (exact) mass is 306 g/mol. The maximum absolute atomic E-state index is 11.7. The molecule has 0 aliphatic heterocycles. The van der Waals surface area contributed by atoms with Crippen LogP contribution in [0, 0.1) is 6.92 Å². The molecule has 92 valence electrons. The third-order valence-corrected chi connectivity index (χ3v) is 2.83. The maximum Gasteiger partial charge on any atom is 0.274 e. The molecule has 1 amide bonds. The van der Waals surface area contributed by atoms with Gasteiger partial charge in [0.05, 0.1) is 18.0 Å². The Bertz CT molecular complexity index is 590. The maximum atomic E-state index is 11.7. The van der Waals surface area contributed by atoms with Gasteiger partial charge in [0.15, 0.2) is 0 Å². The van der Waals surface area contributed by atoms with E-state index in [1.807, 2.05) is 24.3 Å². The minimum Gasteiger partial charge on any atom is -0.469 e. The number of hydrogen-bond acceptors (Lipinski definition) is 3. The molecule has 0 saturated heterocycles. The number of halogens is 1. The van der Waals surface area contributed by atoms with Crippen molar-refractivity contribution in [3.8, 4) is 0 Å². The van der Waals surface area contributed by atoms with Crippen molar-refractivity contribution >= 4 is 28.1 Å². The first kappa shape index (κ1) is 12.6. The molecular weight excluding hydrogens is 296 g/mol. The molecular formula is C13H11BrN2O2. The number of aryl methyl sites for hydroxylation is 1. The number of nitrogens with one attached hydrogen (secondary N) is 1. The Balaban J connectivity index is 2.00. The highest BCUT2D eigenvalue weighted by Crippen LogP contribution is 2.10. The zero-order chi connectivity index (χ0) is 13.0. The molecule has 2 aromatic rings. The molecule has 0 aliphatic carbocycles. The lowest BCUT2D eigenvalue weighted by Crippen LogP contribution is -2.17. The van der Waals surface area contributed by atoms with Gasteiger partial charge >= 0.3 is 0 Å². The molecule has 1 heterocycles. The van der Waals surface area contributed by atoms with Crippen molar-refractivity contribution in [2.45, 2.75) is 6.92 Å². The van der Waals surface area contributed by atoms with Gasteiger partial charge < -0.3 is 4.42 Å². The summed E-state index contributed by atoms with van der Waals surface area (Å²) in [6, 6.07) is 9.22. The largest absolute Gasteiger partial charge is 0.469 e. The lowest BCUT2D eigenvalue weighted by molar-refractivity contribution is 0.0953. The van der Waals surface area contributed by atoms with Crippen molar-refractivity contribution in [1.82, 2.24) is 5.43 Å². The SMILES string of the molecule is Cc1occc1C(=O)N/N=C\c1cccc(Br)c1. The van der Waals surface area contributed by atoms with E-state index in [0.717, 1.165) is 10.0 Å². The van der Waals surface area contributed by atoms with Crippen molar-refractivity contribution in [3.63, 3.8) is 0 Å². The van der Waals surface area contributed by atoms with Crippen LogP contribution in [0.5, 0.6) is 0 Å². The van der Waals surface area contributed by atoms with Crippen LogP contribution >= 0.6 is 15.9 Å². The molecule has 0 atom stereocenters. The molecule has 0 aliphatic rings. The molecule has 0 spiro atoms. The van der Waals surface area contributed by atoms with E-state index in [-0.39, 0.29) is 5.91 Å². The molecule has 5 heteroatoms. The molecule has 1 aromatic heterocycles.